The lowest BCUT2D eigenvalue weighted by Crippen LogP contribution is -2.30. The van der Waals surface area contributed by atoms with Crippen molar-refractivity contribution in [1.29, 1.82) is 0 Å². The molecule has 0 saturated carbocycles. The molecule has 0 aliphatic heterocycles. The van der Waals surface area contributed by atoms with Crippen LogP contribution in [-0.2, 0) is 13.1 Å². The van der Waals surface area contributed by atoms with Gasteiger partial charge < -0.3 is 18.8 Å². The van der Waals surface area contributed by atoms with Gasteiger partial charge in [0, 0.05) is 18.2 Å². The molecule has 140 valence electrons. The number of furan rings is 1. The van der Waals surface area contributed by atoms with E-state index in [-0.39, 0.29) is 18.3 Å². The summed E-state index contributed by atoms with van der Waals surface area (Å²) in [5.41, 5.74) is 1.24. The fourth-order valence-electron chi connectivity index (χ4n) is 2.71. The maximum atomic E-state index is 13.2. The first-order valence-corrected chi connectivity index (χ1v) is 8.38. The Morgan fingerprint density at radius 1 is 1.00 bits per heavy atom. The van der Waals surface area contributed by atoms with Crippen LogP contribution in [0.1, 0.15) is 21.7 Å². The second-order valence-electron chi connectivity index (χ2n) is 5.97. The van der Waals surface area contributed by atoms with Gasteiger partial charge in [0.2, 0.25) is 0 Å². The molecule has 0 bridgehead atoms. The summed E-state index contributed by atoms with van der Waals surface area (Å²) in [4.78, 5) is 14.8. The number of amides is 1. The van der Waals surface area contributed by atoms with Crippen molar-refractivity contribution in [3.05, 3.63) is 83.6 Å². The van der Waals surface area contributed by atoms with Crippen LogP contribution in [0.3, 0.4) is 0 Å². The highest BCUT2D eigenvalue weighted by atomic mass is 19.1. The lowest BCUT2D eigenvalue weighted by atomic mass is 10.1. The van der Waals surface area contributed by atoms with Crippen molar-refractivity contribution in [3.63, 3.8) is 0 Å². The minimum atomic E-state index is -0.319. The SMILES string of the molecule is COc1cc(OC)cc(C(=O)N(Cc2ccc(F)cc2)Cc2ccco2)c1. The third-order valence-electron chi connectivity index (χ3n) is 4.10. The molecule has 1 aromatic heterocycles. The Kier molecular flexibility index (Phi) is 5.76. The molecule has 0 atom stereocenters. The smallest absolute Gasteiger partial charge is 0.254 e. The molecule has 27 heavy (non-hydrogen) atoms. The van der Waals surface area contributed by atoms with E-state index in [4.69, 9.17) is 13.9 Å². The van der Waals surface area contributed by atoms with Crippen LogP contribution < -0.4 is 9.47 Å². The minimum Gasteiger partial charge on any atom is -0.497 e. The molecule has 6 heteroatoms. The lowest BCUT2D eigenvalue weighted by Gasteiger charge is -2.22. The van der Waals surface area contributed by atoms with Crippen molar-refractivity contribution >= 4 is 5.91 Å². The van der Waals surface area contributed by atoms with E-state index in [1.54, 1.807) is 53.6 Å². The molecule has 1 amide bonds. The van der Waals surface area contributed by atoms with E-state index >= 15 is 0 Å². The van der Waals surface area contributed by atoms with Crippen LogP contribution in [0.5, 0.6) is 11.5 Å². The summed E-state index contributed by atoms with van der Waals surface area (Å²) in [5.74, 6) is 1.17. The molecule has 0 radical (unpaired) electrons. The van der Waals surface area contributed by atoms with Gasteiger partial charge in [-0.05, 0) is 42.0 Å². The number of hydrogen-bond acceptors (Lipinski definition) is 4. The van der Waals surface area contributed by atoms with Gasteiger partial charge in [-0.3, -0.25) is 4.79 Å². The molecule has 0 spiro atoms. The second-order valence-corrected chi connectivity index (χ2v) is 5.97. The predicted octanol–water partition coefficient (Wildman–Crippen LogP) is 4.28. The fraction of sp³-hybridized carbons (Fsp3) is 0.190. The van der Waals surface area contributed by atoms with Gasteiger partial charge in [0.15, 0.2) is 0 Å². The monoisotopic (exact) mass is 369 g/mol. The van der Waals surface area contributed by atoms with Gasteiger partial charge in [-0.1, -0.05) is 12.1 Å². The van der Waals surface area contributed by atoms with E-state index in [0.29, 0.717) is 29.4 Å². The zero-order valence-corrected chi connectivity index (χ0v) is 15.1. The summed E-state index contributed by atoms with van der Waals surface area (Å²) in [6.45, 7) is 0.585. The number of carbonyl (C=O) groups is 1. The zero-order valence-electron chi connectivity index (χ0n) is 15.1. The third kappa shape index (κ3) is 4.67. The number of hydrogen-bond donors (Lipinski definition) is 0. The summed E-state index contributed by atoms with van der Waals surface area (Å²) in [5, 5.41) is 0. The first-order valence-electron chi connectivity index (χ1n) is 8.38. The van der Waals surface area contributed by atoms with E-state index in [1.807, 2.05) is 0 Å². The Labute approximate surface area is 156 Å². The van der Waals surface area contributed by atoms with Gasteiger partial charge in [-0.25, -0.2) is 4.39 Å². The maximum Gasteiger partial charge on any atom is 0.254 e. The van der Waals surface area contributed by atoms with Gasteiger partial charge in [-0.15, -0.1) is 0 Å². The third-order valence-corrected chi connectivity index (χ3v) is 4.10. The Balaban J connectivity index is 1.91. The van der Waals surface area contributed by atoms with Crippen molar-refractivity contribution in [2.45, 2.75) is 13.1 Å². The van der Waals surface area contributed by atoms with Crippen LogP contribution in [0.4, 0.5) is 4.39 Å². The van der Waals surface area contributed by atoms with Crippen LogP contribution in [0.15, 0.2) is 65.3 Å². The van der Waals surface area contributed by atoms with E-state index in [0.717, 1.165) is 5.56 Å². The Morgan fingerprint density at radius 3 is 2.22 bits per heavy atom. The van der Waals surface area contributed by atoms with Crippen molar-refractivity contribution in [2.24, 2.45) is 0 Å². The summed E-state index contributed by atoms with van der Waals surface area (Å²) >= 11 is 0. The van der Waals surface area contributed by atoms with Crippen LogP contribution in [0.25, 0.3) is 0 Å². The normalized spacial score (nSPS) is 10.5. The minimum absolute atomic E-state index is 0.215. The van der Waals surface area contributed by atoms with Crippen molar-refractivity contribution in [1.82, 2.24) is 4.90 Å². The summed E-state index contributed by atoms with van der Waals surface area (Å²) in [6.07, 6.45) is 1.56. The van der Waals surface area contributed by atoms with E-state index in [2.05, 4.69) is 0 Å². The lowest BCUT2D eigenvalue weighted by molar-refractivity contribution is 0.0717. The Hall–Kier alpha value is -3.28. The standard InChI is InChI=1S/C21H20FNO4/c1-25-19-10-16(11-20(12-19)26-2)21(24)23(14-18-4-3-9-27-18)13-15-5-7-17(22)8-6-15/h3-12H,13-14H2,1-2H3. The predicted molar refractivity (Wildman–Crippen MR) is 98.2 cm³/mol. The average molecular weight is 369 g/mol. The first-order chi connectivity index (χ1) is 13.1. The highest BCUT2D eigenvalue weighted by molar-refractivity contribution is 5.95. The fourth-order valence-corrected chi connectivity index (χ4v) is 2.71. The van der Waals surface area contributed by atoms with E-state index in [1.165, 1.54) is 26.4 Å². The molecule has 3 aromatic rings. The van der Waals surface area contributed by atoms with Crippen LogP contribution >= 0.6 is 0 Å². The van der Waals surface area contributed by atoms with Crippen molar-refractivity contribution in [2.75, 3.05) is 14.2 Å². The molecule has 0 aliphatic carbocycles. The molecular formula is C21H20FNO4. The molecule has 0 saturated heterocycles. The molecule has 0 N–H and O–H groups in total. The maximum absolute atomic E-state index is 13.2. The summed E-state index contributed by atoms with van der Waals surface area (Å²) in [7, 11) is 3.06. The molecule has 1 heterocycles. The average Bonchev–Trinajstić information content (AvgIpc) is 3.21. The van der Waals surface area contributed by atoms with E-state index < -0.39 is 0 Å². The second kappa shape index (κ2) is 8.40. The molecule has 0 unspecified atom stereocenters. The van der Waals surface area contributed by atoms with Gasteiger partial charge in [0.1, 0.15) is 23.1 Å². The summed E-state index contributed by atoms with van der Waals surface area (Å²) in [6, 6.07) is 14.7. The molecule has 0 fully saturated rings. The number of halogens is 1. The van der Waals surface area contributed by atoms with Crippen LogP contribution in [0, 0.1) is 5.82 Å². The van der Waals surface area contributed by atoms with Gasteiger partial charge in [-0.2, -0.15) is 0 Å². The zero-order chi connectivity index (χ0) is 19.2. The number of benzene rings is 2. The highest BCUT2D eigenvalue weighted by Crippen LogP contribution is 2.24. The van der Waals surface area contributed by atoms with E-state index in [9.17, 15) is 9.18 Å². The van der Waals surface area contributed by atoms with Gasteiger partial charge in [0.25, 0.3) is 5.91 Å². The number of ether oxygens (including phenoxy) is 2. The van der Waals surface area contributed by atoms with Gasteiger partial charge in [0.05, 0.1) is 27.0 Å². The van der Waals surface area contributed by atoms with Gasteiger partial charge >= 0.3 is 0 Å². The number of carbonyl (C=O) groups excluding carboxylic acids is 1. The topological polar surface area (TPSA) is 51.9 Å². The number of methoxy groups -OCH3 is 2. The summed E-state index contributed by atoms with van der Waals surface area (Å²) < 4.78 is 29.1. The van der Waals surface area contributed by atoms with Crippen molar-refractivity contribution in [3.8, 4) is 11.5 Å². The first kappa shape index (κ1) is 18.5. The highest BCUT2D eigenvalue weighted by Gasteiger charge is 2.19. The quantitative estimate of drug-likeness (QED) is 0.624. The van der Waals surface area contributed by atoms with Crippen molar-refractivity contribution < 1.29 is 23.1 Å². The Bertz CT molecular complexity index is 869. The number of nitrogens with zero attached hydrogens (tertiary/aromatic N) is 1. The molecular weight excluding hydrogens is 349 g/mol. The molecule has 3 rings (SSSR count). The Morgan fingerprint density at radius 2 is 1.67 bits per heavy atom. The molecule has 2 aromatic carbocycles. The number of rotatable bonds is 7. The largest absolute Gasteiger partial charge is 0.497 e. The van der Waals surface area contributed by atoms with Crippen LogP contribution in [-0.4, -0.2) is 25.0 Å². The molecule has 5 nitrogen and oxygen atoms in total. The molecule has 0 aliphatic rings. The van der Waals surface area contributed by atoms with Crippen LogP contribution in [0.2, 0.25) is 0 Å².